The van der Waals surface area contributed by atoms with Crippen molar-refractivity contribution in [1.29, 1.82) is 0 Å². The number of aromatic hydroxyl groups is 1. The topological polar surface area (TPSA) is 46.2 Å². The Morgan fingerprint density at radius 1 is 1.06 bits per heavy atom. The predicted octanol–water partition coefficient (Wildman–Crippen LogP) is 3.05. The third-order valence-electron chi connectivity index (χ3n) is 3.19. The van der Waals surface area contributed by atoms with Gasteiger partial charge in [-0.2, -0.15) is 0 Å². The largest absolute Gasteiger partial charge is 0.508 e. The second kappa shape index (κ2) is 5.69. The molecule has 0 aliphatic heterocycles. The van der Waals surface area contributed by atoms with Gasteiger partial charge in [0.25, 0.3) is 0 Å². The number of rotatable bonds is 2. The highest BCUT2D eigenvalue weighted by atomic mass is 16.3. The molecule has 0 aromatic heterocycles. The molecule has 2 heteroatoms. The fourth-order valence-electron chi connectivity index (χ4n) is 1.78. The SMILES string of the molecule is CC(CN)c1ccc(O)cc1.c1ccc2c(c1)C2. The van der Waals surface area contributed by atoms with Gasteiger partial charge in [0.1, 0.15) is 5.75 Å². The number of hydrogen-bond acceptors (Lipinski definition) is 2. The van der Waals surface area contributed by atoms with Gasteiger partial charge in [-0.15, -0.1) is 0 Å². The molecule has 18 heavy (non-hydrogen) atoms. The maximum Gasteiger partial charge on any atom is 0.115 e. The molecule has 1 unspecified atom stereocenters. The van der Waals surface area contributed by atoms with Crippen LogP contribution in [0.3, 0.4) is 0 Å². The van der Waals surface area contributed by atoms with E-state index in [1.807, 2.05) is 12.1 Å². The number of hydrogen-bond donors (Lipinski definition) is 2. The summed E-state index contributed by atoms with van der Waals surface area (Å²) in [6.07, 6.45) is 1.24. The number of phenolic OH excluding ortho intramolecular Hbond substituents is 1. The van der Waals surface area contributed by atoms with E-state index in [9.17, 15) is 0 Å². The molecule has 1 aliphatic rings. The van der Waals surface area contributed by atoms with Crippen LogP contribution in [0, 0.1) is 0 Å². The van der Waals surface area contributed by atoms with Gasteiger partial charge in [0.05, 0.1) is 0 Å². The molecule has 2 aromatic rings. The third kappa shape index (κ3) is 3.34. The maximum absolute atomic E-state index is 8.98. The van der Waals surface area contributed by atoms with Crippen molar-refractivity contribution in [1.82, 2.24) is 0 Å². The zero-order chi connectivity index (χ0) is 13.0. The van der Waals surface area contributed by atoms with Crippen molar-refractivity contribution in [3.05, 3.63) is 65.2 Å². The summed E-state index contributed by atoms with van der Waals surface area (Å²) in [4.78, 5) is 0. The van der Waals surface area contributed by atoms with Crippen LogP contribution in [0.1, 0.15) is 29.5 Å². The Bertz CT molecular complexity index is 484. The monoisotopic (exact) mass is 241 g/mol. The first-order chi connectivity index (χ1) is 8.70. The van der Waals surface area contributed by atoms with Gasteiger partial charge in [-0.1, -0.05) is 43.3 Å². The minimum atomic E-state index is 0.304. The van der Waals surface area contributed by atoms with Crippen LogP contribution in [0.2, 0.25) is 0 Å². The van der Waals surface area contributed by atoms with Crippen LogP contribution in [-0.2, 0) is 6.42 Å². The molecule has 0 saturated heterocycles. The van der Waals surface area contributed by atoms with Crippen molar-refractivity contribution < 1.29 is 5.11 Å². The summed E-state index contributed by atoms with van der Waals surface area (Å²) in [6, 6.07) is 15.7. The van der Waals surface area contributed by atoms with Crippen LogP contribution in [0.25, 0.3) is 0 Å². The average Bonchev–Trinajstić information content (AvgIpc) is 3.18. The fourth-order valence-corrected chi connectivity index (χ4v) is 1.78. The lowest BCUT2D eigenvalue weighted by molar-refractivity contribution is 0.475. The number of nitrogens with two attached hydrogens (primary N) is 1. The molecule has 0 radical (unpaired) electrons. The first kappa shape index (κ1) is 12.7. The van der Waals surface area contributed by atoms with Crippen molar-refractivity contribution in [3.63, 3.8) is 0 Å². The molecule has 3 rings (SSSR count). The molecular weight excluding hydrogens is 222 g/mol. The van der Waals surface area contributed by atoms with E-state index in [1.165, 1.54) is 23.1 Å². The van der Waals surface area contributed by atoms with Gasteiger partial charge in [0, 0.05) is 0 Å². The summed E-state index contributed by atoms with van der Waals surface area (Å²) < 4.78 is 0. The molecular formula is C16H19NO. The van der Waals surface area contributed by atoms with E-state index < -0.39 is 0 Å². The molecule has 0 spiro atoms. The molecule has 1 atom stereocenters. The lowest BCUT2D eigenvalue weighted by atomic mass is 10.0. The van der Waals surface area contributed by atoms with Crippen LogP contribution in [-0.4, -0.2) is 11.7 Å². The highest BCUT2D eigenvalue weighted by Gasteiger charge is 2.12. The number of phenols is 1. The van der Waals surface area contributed by atoms with Gasteiger partial charge < -0.3 is 10.8 Å². The second-order valence-electron chi connectivity index (χ2n) is 4.67. The first-order valence-electron chi connectivity index (χ1n) is 6.26. The molecule has 1 aliphatic carbocycles. The number of benzene rings is 2. The Morgan fingerprint density at radius 3 is 2.06 bits per heavy atom. The van der Waals surface area contributed by atoms with Crippen molar-refractivity contribution >= 4 is 0 Å². The summed E-state index contributed by atoms with van der Waals surface area (Å²) in [6.45, 7) is 2.71. The maximum atomic E-state index is 8.98. The molecule has 0 heterocycles. The van der Waals surface area contributed by atoms with Crippen molar-refractivity contribution in [2.75, 3.05) is 6.54 Å². The Morgan fingerprint density at radius 2 is 1.61 bits per heavy atom. The van der Waals surface area contributed by atoms with Gasteiger partial charge in [-0.05, 0) is 47.7 Å². The Labute approximate surface area is 108 Å². The van der Waals surface area contributed by atoms with E-state index in [-0.39, 0.29) is 0 Å². The minimum Gasteiger partial charge on any atom is -0.508 e. The van der Waals surface area contributed by atoms with Gasteiger partial charge in [-0.25, -0.2) is 0 Å². The number of fused-ring (bicyclic) bond motifs is 1. The minimum absolute atomic E-state index is 0.304. The lowest BCUT2D eigenvalue weighted by Crippen LogP contribution is -2.08. The fraction of sp³-hybridized carbons (Fsp3) is 0.250. The van der Waals surface area contributed by atoms with Crippen molar-refractivity contribution in [2.45, 2.75) is 19.3 Å². The molecule has 0 fully saturated rings. The summed E-state index contributed by atoms with van der Waals surface area (Å²) in [5, 5.41) is 8.98. The predicted molar refractivity (Wildman–Crippen MR) is 74.8 cm³/mol. The zero-order valence-electron chi connectivity index (χ0n) is 10.6. The summed E-state index contributed by atoms with van der Waals surface area (Å²) >= 11 is 0. The molecule has 0 saturated carbocycles. The first-order valence-corrected chi connectivity index (χ1v) is 6.26. The molecule has 2 nitrogen and oxygen atoms in total. The smallest absolute Gasteiger partial charge is 0.115 e. The van der Waals surface area contributed by atoms with Crippen LogP contribution >= 0.6 is 0 Å². The van der Waals surface area contributed by atoms with E-state index >= 15 is 0 Å². The standard InChI is InChI=1S/C9H13NO.C7H6/c1-7(6-10)8-2-4-9(11)5-3-8;1-2-4-7-5-6(7)3-1/h2-5,7,11H,6,10H2,1H3;1-4H,5H2. The van der Waals surface area contributed by atoms with Gasteiger partial charge >= 0.3 is 0 Å². The third-order valence-corrected chi connectivity index (χ3v) is 3.19. The van der Waals surface area contributed by atoms with Crippen molar-refractivity contribution in [2.24, 2.45) is 5.73 Å². The Kier molecular flexibility index (Phi) is 4.00. The van der Waals surface area contributed by atoms with Crippen LogP contribution in [0.15, 0.2) is 48.5 Å². The normalized spacial score (nSPS) is 13.0. The van der Waals surface area contributed by atoms with E-state index in [1.54, 1.807) is 12.1 Å². The summed E-state index contributed by atoms with van der Waals surface area (Å²) in [5.41, 5.74) is 9.71. The Hall–Kier alpha value is -1.80. The molecule has 2 aromatic carbocycles. The highest BCUT2D eigenvalue weighted by molar-refractivity contribution is 5.44. The van der Waals surface area contributed by atoms with E-state index in [0.717, 1.165) is 0 Å². The summed E-state index contributed by atoms with van der Waals surface area (Å²) in [5.74, 6) is 0.675. The van der Waals surface area contributed by atoms with E-state index in [2.05, 4.69) is 31.2 Å². The second-order valence-corrected chi connectivity index (χ2v) is 4.67. The lowest BCUT2D eigenvalue weighted by Gasteiger charge is -2.07. The van der Waals surface area contributed by atoms with E-state index in [4.69, 9.17) is 10.8 Å². The van der Waals surface area contributed by atoms with Crippen LogP contribution < -0.4 is 5.73 Å². The molecule has 3 N–H and O–H groups in total. The summed E-state index contributed by atoms with van der Waals surface area (Å²) in [7, 11) is 0. The Balaban J connectivity index is 0.000000146. The van der Waals surface area contributed by atoms with Crippen molar-refractivity contribution in [3.8, 4) is 5.75 Å². The quantitative estimate of drug-likeness (QED) is 0.724. The molecule has 94 valence electrons. The van der Waals surface area contributed by atoms with Crippen LogP contribution in [0.5, 0.6) is 5.75 Å². The van der Waals surface area contributed by atoms with Gasteiger partial charge in [0.15, 0.2) is 0 Å². The highest BCUT2D eigenvalue weighted by Crippen LogP contribution is 2.25. The molecule has 0 amide bonds. The van der Waals surface area contributed by atoms with Gasteiger partial charge in [-0.3, -0.25) is 0 Å². The van der Waals surface area contributed by atoms with Gasteiger partial charge in [0.2, 0.25) is 0 Å². The average molecular weight is 241 g/mol. The zero-order valence-corrected chi connectivity index (χ0v) is 10.6. The molecule has 0 bridgehead atoms. The van der Waals surface area contributed by atoms with Crippen LogP contribution in [0.4, 0.5) is 0 Å². The van der Waals surface area contributed by atoms with E-state index in [0.29, 0.717) is 18.2 Å².